The zero-order valence-corrected chi connectivity index (χ0v) is 12.5. The van der Waals surface area contributed by atoms with E-state index in [0.29, 0.717) is 23.1 Å². The molecule has 1 aliphatic carbocycles. The van der Waals surface area contributed by atoms with Crippen molar-refractivity contribution >= 4 is 23.2 Å². The molecule has 3 N–H and O–H groups in total. The van der Waals surface area contributed by atoms with E-state index in [9.17, 15) is 4.79 Å². The minimum absolute atomic E-state index is 0.154. The Bertz CT molecular complexity index is 485. The number of halogens is 1. The third-order valence-corrected chi connectivity index (χ3v) is 3.91. The first-order chi connectivity index (χ1) is 9.57. The van der Waals surface area contributed by atoms with Crippen LogP contribution in [0.25, 0.3) is 0 Å². The van der Waals surface area contributed by atoms with E-state index in [-0.39, 0.29) is 5.91 Å². The normalized spacial score (nSPS) is 16.9. The van der Waals surface area contributed by atoms with Gasteiger partial charge >= 0.3 is 0 Å². The first-order valence-electron chi connectivity index (χ1n) is 7.08. The number of amides is 1. The molecule has 0 heterocycles. The lowest BCUT2D eigenvalue weighted by Crippen LogP contribution is -2.48. The highest BCUT2D eigenvalue weighted by molar-refractivity contribution is 6.32. The largest absolute Gasteiger partial charge is 0.490 e. The average Bonchev–Trinajstić information content (AvgIpc) is 2.86. The zero-order valence-electron chi connectivity index (χ0n) is 11.7. The second-order valence-corrected chi connectivity index (χ2v) is 5.69. The van der Waals surface area contributed by atoms with Crippen LogP contribution in [0.3, 0.4) is 0 Å². The molecule has 0 aromatic heterocycles. The van der Waals surface area contributed by atoms with E-state index in [1.807, 2.05) is 6.92 Å². The van der Waals surface area contributed by atoms with Gasteiger partial charge in [0.05, 0.1) is 22.9 Å². The molecule has 0 bridgehead atoms. The van der Waals surface area contributed by atoms with Gasteiger partial charge in [-0.3, -0.25) is 4.79 Å². The lowest BCUT2D eigenvalue weighted by molar-refractivity contribution is -0.121. The SMILES string of the molecule is CCCOc1c(Cl)cccc1NC(=O)C1(N)CCCC1. The first-order valence-corrected chi connectivity index (χ1v) is 7.46. The highest BCUT2D eigenvalue weighted by Crippen LogP contribution is 2.35. The number of anilines is 1. The van der Waals surface area contributed by atoms with Crippen LogP contribution in [0.15, 0.2) is 18.2 Å². The van der Waals surface area contributed by atoms with Crippen LogP contribution in [-0.4, -0.2) is 18.1 Å². The Labute approximate surface area is 124 Å². The number of ether oxygens (including phenoxy) is 1. The van der Waals surface area contributed by atoms with Gasteiger partial charge in [0.1, 0.15) is 0 Å². The highest BCUT2D eigenvalue weighted by atomic mass is 35.5. The minimum Gasteiger partial charge on any atom is -0.490 e. The molecular formula is C15H21ClN2O2. The average molecular weight is 297 g/mol. The number of rotatable bonds is 5. The summed E-state index contributed by atoms with van der Waals surface area (Å²) in [5.41, 5.74) is 5.98. The number of para-hydroxylation sites is 1. The molecule has 4 nitrogen and oxygen atoms in total. The number of nitrogens with one attached hydrogen (secondary N) is 1. The molecular weight excluding hydrogens is 276 g/mol. The van der Waals surface area contributed by atoms with Crippen molar-refractivity contribution in [3.05, 3.63) is 23.2 Å². The molecule has 0 spiro atoms. The van der Waals surface area contributed by atoms with Crippen molar-refractivity contribution in [2.24, 2.45) is 5.73 Å². The van der Waals surface area contributed by atoms with Crippen molar-refractivity contribution in [2.75, 3.05) is 11.9 Å². The maximum atomic E-state index is 12.3. The quantitative estimate of drug-likeness (QED) is 0.876. The molecule has 1 aromatic rings. The molecule has 1 aromatic carbocycles. The van der Waals surface area contributed by atoms with Crippen LogP contribution >= 0.6 is 11.6 Å². The standard InChI is InChI=1S/C15H21ClN2O2/c1-2-10-20-13-11(16)6-5-7-12(13)18-14(19)15(17)8-3-4-9-15/h5-7H,2-4,8-10,17H2,1H3,(H,18,19). The molecule has 0 atom stereocenters. The Kier molecular flexibility index (Phi) is 4.89. The van der Waals surface area contributed by atoms with Gasteiger partial charge in [0.15, 0.2) is 5.75 Å². The maximum Gasteiger partial charge on any atom is 0.244 e. The first kappa shape index (κ1) is 15.1. The van der Waals surface area contributed by atoms with Gasteiger partial charge in [-0.05, 0) is 31.4 Å². The van der Waals surface area contributed by atoms with Crippen LogP contribution < -0.4 is 15.8 Å². The molecule has 1 amide bonds. The molecule has 0 radical (unpaired) electrons. The summed E-state index contributed by atoms with van der Waals surface area (Å²) >= 11 is 6.14. The van der Waals surface area contributed by atoms with Crippen molar-refractivity contribution < 1.29 is 9.53 Å². The number of carbonyl (C=O) groups is 1. The topological polar surface area (TPSA) is 64.3 Å². The lowest BCUT2D eigenvalue weighted by atomic mass is 9.98. The van der Waals surface area contributed by atoms with Gasteiger partial charge < -0.3 is 15.8 Å². The molecule has 110 valence electrons. The summed E-state index contributed by atoms with van der Waals surface area (Å²) in [5.74, 6) is 0.365. The Morgan fingerprint density at radius 1 is 1.45 bits per heavy atom. The summed E-state index contributed by atoms with van der Waals surface area (Å²) in [5, 5.41) is 3.36. The van der Waals surface area contributed by atoms with Crippen molar-refractivity contribution in [1.29, 1.82) is 0 Å². The molecule has 5 heteroatoms. The van der Waals surface area contributed by atoms with E-state index >= 15 is 0 Å². The number of carbonyl (C=O) groups excluding carboxylic acids is 1. The smallest absolute Gasteiger partial charge is 0.244 e. The van der Waals surface area contributed by atoms with Crippen molar-refractivity contribution in [2.45, 2.75) is 44.6 Å². The zero-order chi connectivity index (χ0) is 14.6. The summed E-state index contributed by atoms with van der Waals surface area (Å²) in [7, 11) is 0. The van der Waals surface area contributed by atoms with Crippen LogP contribution in [0, 0.1) is 0 Å². The Morgan fingerprint density at radius 3 is 2.80 bits per heavy atom. The van der Waals surface area contributed by atoms with Crippen LogP contribution in [-0.2, 0) is 4.79 Å². The van der Waals surface area contributed by atoms with Gasteiger partial charge in [-0.15, -0.1) is 0 Å². The molecule has 0 unspecified atom stereocenters. The Morgan fingerprint density at radius 2 is 2.15 bits per heavy atom. The molecule has 0 saturated heterocycles. The number of hydrogen-bond donors (Lipinski definition) is 2. The summed E-state index contributed by atoms with van der Waals surface area (Å²) in [4.78, 5) is 12.3. The lowest BCUT2D eigenvalue weighted by Gasteiger charge is -2.23. The predicted molar refractivity (Wildman–Crippen MR) is 81.3 cm³/mol. The summed E-state index contributed by atoms with van der Waals surface area (Å²) in [6.45, 7) is 2.57. The second kappa shape index (κ2) is 6.46. The third-order valence-electron chi connectivity index (χ3n) is 3.61. The molecule has 0 aliphatic heterocycles. The summed E-state index contributed by atoms with van der Waals surface area (Å²) in [6, 6.07) is 5.32. The van der Waals surface area contributed by atoms with Gasteiger partial charge in [-0.2, -0.15) is 0 Å². The fourth-order valence-corrected chi connectivity index (χ4v) is 2.67. The molecule has 1 saturated carbocycles. The summed E-state index contributed by atoms with van der Waals surface area (Å²) in [6.07, 6.45) is 4.33. The third kappa shape index (κ3) is 3.25. The molecule has 20 heavy (non-hydrogen) atoms. The van der Waals surface area contributed by atoms with Crippen LogP contribution in [0.5, 0.6) is 5.75 Å². The van der Waals surface area contributed by atoms with E-state index in [1.54, 1.807) is 18.2 Å². The number of hydrogen-bond acceptors (Lipinski definition) is 3. The molecule has 2 rings (SSSR count). The monoisotopic (exact) mass is 296 g/mol. The van der Waals surface area contributed by atoms with Gasteiger partial charge in [-0.25, -0.2) is 0 Å². The number of nitrogens with two attached hydrogens (primary N) is 1. The van der Waals surface area contributed by atoms with Crippen LogP contribution in [0.1, 0.15) is 39.0 Å². The van der Waals surface area contributed by atoms with Crippen molar-refractivity contribution in [1.82, 2.24) is 0 Å². The highest BCUT2D eigenvalue weighted by Gasteiger charge is 2.37. The van der Waals surface area contributed by atoms with Gasteiger partial charge in [0.2, 0.25) is 5.91 Å². The fraction of sp³-hybridized carbons (Fsp3) is 0.533. The molecule has 1 fully saturated rings. The Hall–Kier alpha value is -1.26. The van der Waals surface area contributed by atoms with E-state index in [1.165, 1.54) is 0 Å². The fourth-order valence-electron chi connectivity index (χ4n) is 2.44. The van der Waals surface area contributed by atoms with Crippen molar-refractivity contribution in [3.8, 4) is 5.75 Å². The van der Waals surface area contributed by atoms with E-state index in [4.69, 9.17) is 22.1 Å². The van der Waals surface area contributed by atoms with Gasteiger partial charge in [0.25, 0.3) is 0 Å². The van der Waals surface area contributed by atoms with E-state index in [2.05, 4.69) is 5.32 Å². The summed E-state index contributed by atoms with van der Waals surface area (Å²) < 4.78 is 5.63. The van der Waals surface area contributed by atoms with Gasteiger partial charge in [0, 0.05) is 0 Å². The molecule has 1 aliphatic rings. The minimum atomic E-state index is -0.760. The van der Waals surface area contributed by atoms with E-state index in [0.717, 1.165) is 32.1 Å². The van der Waals surface area contributed by atoms with E-state index < -0.39 is 5.54 Å². The van der Waals surface area contributed by atoms with Crippen molar-refractivity contribution in [3.63, 3.8) is 0 Å². The van der Waals surface area contributed by atoms with Crippen LogP contribution in [0.4, 0.5) is 5.69 Å². The predicted octanol–water partition coefficient (Wildman–Crippen LogP) is 3.34. The number of benzene rings is 1. The van der Waals surface area contributed by atoms with Crippen LogP contribution in [0.2, 0.25) is 5.02 Å². The van der Waals surface area contributed by atoms with Gasteiger partial charge in [-0.1, -0.05) is 37.4 Å². The maximum absolute atomic E-state index is 12.3. The Balaban J connectivity index is 2.16. The second-order valence-electron chi connectivity index (χ2n) is 5.28.